The molecule has 8 N–H and O–H groups in total. The van der Waals surface area contributed by atoms with Crippen molar-refractivity contribution in [2.24, 2.45) is 11.6 Å². The molecule has 0 radical (unpaired) electrons. The third kappa shape index (κ3) is 3.96. The van der Waals surface area contributed by atoms with Crippen molar-refractivity contribution >= 4 is 11.6 Å². The molecule has 0 rings (SSSR count). The van der Waals surface area contributed by atoms with Gasteiger partial charge in [0.15, 0.2) is 0 Å². The third-order valence-corrected chi connectivity index (χ3v) is 1.71. The van der Waals surface area contributed by atoms with Crippen LogP contribution in [0.2, 0.25) is 0 Å². The lowest BCUT2D eigenvalue weighted by Gasteiger charge is -2.11. The third-order valence-electron chi connectivity index (χ3n) is 1.71. The number of hydrogen-bond donors (Lipinski definition) is 6. The summed E-state index contributed by atoms with van der Waals surface area (Å²) in [6.45, 7) is 1.44. The normalized spacial score (nSPS) is 11.7. The SMILES string of the molecule is CCCC(=N)/C(N)=C(\NCO)C(=O)NN. The van der Waals surface area contributed by atoms with E-state index in [0.717, 1.165) is 6.42 Å². The van der Waals surface area contributed by atoms with E-state index in [0.29, 0.717) is 6.42 Å². The standard InChI is InChI=1S/C8H17N5O2/c1-2-3-5(9)6(10)7(12-4-14)8(15)13-11/h9,12,14H,2-4,10-11H2,1H3,(H,13,15)/b7-6+,9-5?. The van der Waals surface area contributed by atoms with Gasteiger partial charge in [-0.3, -0.25) is 10.2 Å². The number of carbonyl (C=O) groups is 1. The van der Waals surface area contributed by atoms with Crippen molar-refractivity contribution in [1.82, 2.24) is 10.7 Å². The van der Waals surface area contributed by atoms with E-state index in [2.05, 4.69) is 5.32 Å². The molecule has 0 aromatic rings. The number of carbonyl (C=O) groups excluding carboxylic acids is 1. The summed E-state index contributed by atoms with van der Waals surface area (Å²) in [6, 6.07) is 0. The van der Waals surface area contributed by atoms with Gasteiger partial charge in [0.2, 0.25) is 0 Å². The van der Waals surface area contributed by atoms with Gasteiger partial charge < -0.3 is 21.6 Å². The lowest BCUT2D eigenvalue weighted by atomic mass is 10.1. The van der Waals surface area contributed by atoms with E-state index in [4.69, 9.17) is 22.1 Å². The Balaban J connectivity index is 4.90. The Hall–Kier alpha value is -1.60. The monoisotopic (exact) mass is 215 g/mol. The minimum atomic E-state index is -0.664. The number of allylic oxidation sites excluding steroid dienone is 1. The zero-order chi connectivity index (χ0) is 11.8. The molecular weight excluding hydrogens is 198 g/mol. The summed E-state index contributed by atoms with van der Waals surface area (Å²) >= 11 is 0. The molecule has 0 heterocycles. The second-order valence-corrected chi connectivity index (χ2v) is 2.83. The van der Waals surface area contributed by atoms with Crippen LogP contribution in [0.15, 0.2) is 11.4 Å². The molecule has 0 unspecified atom stereocenters. The van der Waals surface area contributed by atoms with Gasteiger partial charge in [-0.05, 0) is 6.42 Å². The molecule has 0 spiro atoms. The average Bonchev–Trinajstić information content (AvgIpc) is 2.24. The predicted octanol–water partition coefficient (Wildman–Crippen LogP) is -1.49. The Morgan fingerprint density at radius 2 is 2.13 bits per heavy atom. The molecule has 0 bridgehead atoms. The van der Waals surface area contributed by atoms with Gasteiger partial charge >= 0.3 is 0 Å². The summed E-state index contributed by atoms with van der Waals surface area (Å²) in [5.74, 6) is 4.27. The lowest BCUT2D eigenvalue weighted by molar-refractivity contribution is -0.118. The van der Waals surface area contributed by atoms with Crippen molar-refractivity contribution in [1.29, 1.82) is 5.41 Å². The average molecular weight is 215 g/mol. The maximum Gasteiger partial charge on any atom is 0.283 e. The second kappa shape index (κ2) is 6.80. The van der Waals surface area contributed by atoms with E-state index in [-0.39, 0.29) is 17.1 Å². The van der Waals surface area contributed by atoms with Crippen LogP contribution >= 0.6 is 0 Å². The summed E-state index contributed by atoms with van der Waals surface area (Å²) in [4.78, 5) is 11.2. The largest absolute Gasteiger partial charge is 0.395 e. The Kier molecular flexibility index (Phi) is 6.07. The number of hydrazine groups is 1. The van der Waals surface area contributed by atoms with Crippen LogP contribution in [-0.4, -0.2) is 23.5 Å². The fourth-order valence-electron chi connectivity index (χ4n) is 0.985. The number of nitrogens with two attached hydrogens (primary N) is 2. The van der Waals surface area contributed by atoms with Crippen LogP contribution in [0.25, 0.3) is 0 Å². The van der Waals surface area contributed by atoms with Crippen molar-refractivity contribution in [3.8, 4) is 0 Å². The smallest absolute Gasteiger partial charge is 0.283 e. The Bertz CT molecular complexity index is 274. The first-order valence-corrected chi connectivity index (χ1v) is 4.51. The molecule has 7 heteroatoms. The summed E-state index contributed by atoms with van der Waals surface area (Å²) in [5.41, 5.74) is 7.50. The molecule has 0 aromatic heterocycles. The topological polar surface area (TPSA) is 137 Å². The number of nitrogens with one attached hydrogen (secondary N) is 3. The fourth-order valence-corrected chi connectivity index (χ4v) is 0.985. The second-order valence-electron chi connectivity index (χ2n) is 2.83. The predicted molar refractivity (Wildman–Crippen MR) is 56.4 cm³/mol. The van der Waals surface area contributed by atoms with Crippen LogP contribution in [0.3, 0.4) is 0 Å². The van der Waals surface area contributed by atoms with Crippen molar-refractivity contribution in [3.05, 3.63) is 11.4 Å². The van der Waals surface area contributed by atoms with Gasteiger partial charge in [0.05, 0.1) is 11.4 Å². The van der Waals surface area contributed by atoms with Gasteiger partial charge in [0, 0.05) is 0 Å². The van der Waals surface area contributed by atoms with E-state index in [1.54, 1.807) is 0 Å². The van der Waals surface area contributed by atoms with Crippen LogP contribution in [0.4, 0.5) is 0 Å². The number of rotatable bonds is 6. The van der Waals surface area contributed by atoms with Gasteiger partial charge in [-0.15, -0.1) is 0 Å². The molecule has 0 aliphatic carbocycles. The molecule has 0 saturated carbocycles. The van der Waals surface area contributed by atoms with Crippen molar-refractivity contribution in [2.75, 3.05) is 6.73 Å². The zero-order valence-corrected chi connectivity index (χ0v) is 8.63. The van der Waals surface area contributed by atoms with Gasteiger partial charge in [0.1, 0.15) is 12.4 Å². The van der Waals surface area contributed by atoms with Gasteiger partial charge in [-0.1, -0.05) is 13.3 Å². The maximum atomic E-state index is 11.2. The molecule has 0 aliphatic heterocycles. The van der Waals surface area contributed by atoms with Gasteiger partial charge in [-0.2, -0.15) is 0 Å². The molecule has 0 aliphatic rings. The highest BCUT2D eigenvalue weighted by molar-refractivity contribution is 6.05. The molecule has 0 atom stereocenters. The maximum absolute atomic E-state index is 11.2. The molecule has 0 aromatic carbocycles. The first-order valence-electron chi connectivity index (χ1n) is 4.51. The molecule has 15 heavy (non-hydrogen) atoms. The van der Waals surface area contributed by atoms with Crippen molar-refractivity contribution < 1.29 is 9.90 Å². The number of aliphatic hydroxyl groups is 1. The quantitative estimate of drug-likeness (QED) is 0.0800. The summed E-state index contributed by atoms with van der Waals surface area (Å²) in [7, 11) is 0. The zero-order valence-electron chi connectivity index (χ0n) is 8.63. The number of amides is 1. The fraction of sp³-hybridized carbons (Fsp3) is 0.500. The van der Waals surface area contributed by atoms with Crippen LogP contribution in [0, 0.1) is 5.41 Å². The molecule has 7 nitrogen and oxygen atoms in total. The summed E-state index contributed by atoms with van der Waals surface area (Å²) in [6.07, 6.45) is 1.20. The van der Waals surface area contributed by atoms with E-state index < -0.39 is 12.6 Å². The molecule has 86 valence electrons. The van der Waals surface area contributed by atoms with E-state index in [9.17, 15) is 4.79 Å². The summed E-state index contributed by atoms with van der Waals surface area (Å²) in [5, 5.41) is 18.5. The van der Waals surface area contributed by atoms with Gasteiger partial charge in [0.25, 0.3) is 5.91 Å². The van der Waals surface area contributed by atoms with Crippen LogP contribution in [-0.2, 0) is 4.79 Å². The van der Waals surface area contributed by atoms with Crippen LogP contribution < -0.4 is 22.3 Å². The highest BCUT2D eigenvalue weighted by Crippen LogP contribution is 2.02. The number of hydrogen-bond acceptors (Lipinski definition) is 6. The highest BCUT2D eigenvalue weighted by Gasteiger charge is 2.14. The lowest BCUT2D eigenvalue weighted by Crippen LogP contribution is -2.39. The highest BCUT2D eigenvalue weighted by atomic mass is 16.3. The molecule has 0 saturated heterocycles. The van der Waals surface area contributed by atoms with Crippen molar-refractivity contribution in [3.63, 3.8) is 0 Å². The van der Waals surface area contributed by atoms with Crippen LogP contribution in [0.5, 0.6) is 0 Å². The van der Waals surface area contributed by atoms with E-state index in [1.807, 2.05) is 12.3 Å². The Morgan fingerprint density at radius 3 is 2.53 bits per heavy atom. The summed E-state index contributed by atoms with van der Waals surface area (Å²) < 4.78 is 0. The van der Waals surface area contributed by atoms with E-state index >= 15 is 0 Å². The van der Waals surface area contributed by atoms with Crippen molar-refractivity contribution in [2.45, 2.75) is 19.8 Å². The molecule has 1 amide bonds. The first-order chi connectivity index (χ1) is 7.08. The molecule has 0 fully saturated rings. The van der Waals surface area contributed by atoms with E-state index in [1.165, 1.54) is 0 Å². The minimum Gasteiger partial charge on any atom is -0.395 e. The molecular formula is C8H17N5O2. The minimum absolute atomic E-state index is 0.00569. The number of aliphatic hydroxyl groups excluding tert-OH is 1. The Morgan fingerprint density at radius 1 is 1.53 bits per heavy atom. The van der Waals surface area contributed by atoms with Crippen LogP contribution in [0.1, 0.15) is 19.8 Å². The Labute approximate surface area is 88.0 Å². The van der Waals surface area contributed by atoms with Gasteiger partial charge in [-0.25, -0.2) is 5.84 Å². The first kappa shape index (κ1) is 13.4.